The number of nitrogens with one attached hydrogen (secondary N) is 1. The summed E-state index contributed by atoms with van der Waals surface area (Å²) >= 11 is 1.52. The molecule has 2 rings (SSSR count). The number of thiazole rings is 1. The standard InChI is InChI=1S/C17H24N4OS.2ClH/c1-12(2)8-17(3,11-18)21-15(22)7-14-10-23-16(20-14)13-5-4-6-19-9-13;;/h4-6,9-10,12H,7-8,11,18H2,1-3H3,(H,21,22);2*1H. The zero-order valence-electron chi connectivity index (χ0n) is 14.7. The lowest BCUT2D eigenvalue weighted by atomic mass is 9.90. The van der Waals surface area contributed by atoms with Crippen LogP contribution in [0.15, 0.2) is 29.9 Å². The lowest BCUT2D eigenvalue weighted by Crippen LogP contribution is -2.52. The van der Waals surface area contributed by atoms with E-state index in [1.807, 2.05) is 24.4 Å². The number of nitrogens with zero attached hydrogens (tertiary/aromatic N) is 2. The van der Waals surface area contributed by atoms with Crippen molar-refractivity contribution in [3.63, 3.8) is 0 Å². The molecule has 0 saturated carbocycles. The normalized spacial score (nSPS) is 12.7. The summed E-state index contributed by atoms with van der Waals surface area (Å²) in [4.78, 5) is 20.9. The molecule has 3 N–H and O–H groups in total. The SMILES string of the molecule is CC(C)CC(C)(CN)NC(=O)Cc1csc(-c2cccnc2)n1.Cl.Cl. The molecule has 0 saturated heterocycles. The first-order chi connectivity index (χ1) is 10.9. The van der Waals surface area contributed by atoms with E-state index in [9.17, 15) is 4.79 Å². The van der Waals surface area contributed by atoms with Crippen molar-refractivity contribution in [2.24, 2.45) is 11.7 Å². The van der Waals surface area contributed by atoms with Crippen molar-refractivity contribution < 1.29 is 4.79 Å². The molecule has 25 heavy (non-hydrogen) atoms. The summed E-state index contributed by atoms with van der Waals surface area (Å²) in [7, 11) is 0. The van der Waals surface area contributed by atoms with Gasteiger partial charge in [0, 0.05) is 35.4 Å². The van der Waals surface area contributed by atoms with E-state index in [4.69, 9.17) is 5.73 Å². The second-order valence-corrected chi connectivity index (χ2v) is 7.33. The third-order valence-electron chi connectivity index (χ3n) is 3.55. The maximum atomic E-state index is 12.3. The van der Waals surface area contributed by atoms with Crippen molar-refractivity contribution in [3.05, 3.63) is 35.6 Å². The highest BCUT2D eigenvalue weighted by Crippen LogP contribution is 2.23. The van der Waals surface area contributed by atoms with Crippen LogP contribution in [0.2, 0.25) is 0 Å². The van der Waals surface area contributed by atoms with Crippen molar-refractivity contribution in [1.29, 1.82) is 0 Å². The summed E-state index contributed by atoms with van der Waals surface area (Å²) in [5.41, 5.74) is 7.22. The average Bonchev–Trinajstić information content (AvgIpc) is 2.95. The predicted octanol–water partition coefficient (Wildman–Crippen LogP) is 3.47. The molecule has 2 aromatic heterocycles. The molecule has 2 aromatic rings. The zero-order chi connectivity index (χ0) is 16.9. The number of halogens is 2. The van der Waals surface area contributed by atoms with Crippen LogP contribution in [-0.2, 0) is 11.2 Å². The molecular weight excluding hydrogens is 379 g/mol. The number of carbonyl (C=O) groups excluding carboxylic acids is 1. The van der Waals surface area contributed by atoms with E-state index in [0.717, 1.165) is 22.7 Å². The van der Waals surface area contributed by atoms with Crippen LogP contribution >= 0.6 is 36.2 Å². The maximum absolute atomic E-state index is 12.3. The molecule has 0 spiro atoms. The van der Waals surface area contributed by atoms with Crippen molar-refractivity contribution in [3.8, 4) is 10.6 Å². The smallest absolute Gasteiger partial charge is 0.226 e. The molecule has 5 nitrogen and oxygen atoms in total. The van der Waals surface area contributed by atoms with Crippen LogP contribution in [0.4, 0.5) is 0 Å². The lowest BCUT2D eigenvalue weighted by Gasteiger charge is -2.31. The Morgan fingerprint density at radius 3 is 2.68 bits per heavy atom. The van der Waals surface area contributed by atoms with Gasteiger partial charge in [-0.1, -0.05) is 13.8 Å². The van der Waals surface area contributed by atoms with Crippen LogP contribution in [0.3, 0.4) is 0 Å². The Morgan fingerprint density at radius 2 is 2.12 bits per heavy atom. The van der Waals surface area contributed by atoms with Crippen LogP contribution in [0.5, 0.6) is 0 Å². The Hall–Kier alpha value is -1.21. The van der Waals surface area contributed by atoms with Gasteiger partial charge in [-0.25, -0.2) is 4.98 Å². The Labute approximate surface area is 165 Å². The minimum Gasteiger partial charge on any atom is -0.349 e. The number of hydrogen-bond acceptors (Lipinski definition) is 5. The summed E-state index contributed by atoms with van der Waals surface area (Å²) in [6.07, 6.45) is 4.63. The number of hydrogen-bond donors (Lipinski definition) is 2. The van der Waals surface area contributed by atoms with Crippen molar-refractivity contribution in [1.82, 2.24) is 15.3 Å². The van der Waals surface area contributed by atoms with E-state index in [1.165, 1.54) is 11.3 Å². The highest BCUT2D eigenvalue weighted by Gasteiger charge is 2.26. The van der Waals surface area contributed by atoms with Gasteiger partial charge >= 0.3 is 0 Å². The molecule has 1 unspecified atom stereocenters. The summed E-state index contributed by atoms with van der Waals surface area (Å²) in [6.45, 7) is 6.67. The molecular formula is C17H26Cl2N4OS. The Morgan fingerprint density at radius 1 is 1.40 bits per heavy atom. The highest BCUT2D eigenvalue weighted by atomic mass is 35.5. The number of carbonyl (C=O) groups is 1. The van der Waals surface area contributed by atoms with Gasteiger partial charge < -0.3 is 11.1 Å². The second kappa shape index (κ2) is 10.7. The second-order valence-electron chi connectivity index (χ2n) is 6.47. The fourth-order valence-electron chi connectivity index (χ4n) is 2.64. The molecule has 0 aliphatic rings. The first kappa shape index (κ1) is 23.8. The molecule has 1 amide bonds. The van der Waals surface area contributed by atoms with Gasteiger partial charge in [0.2, 0.25) is 5.91 Å². The summed E-state index contributed by atoms with van der Waals surface area (Å²) < 4.78 is 0. The molecule has 8 heteroatoms. The number of amides is 1. The van der Waals surface area contributed by atoms with Crippen molar-refractivity contribution in [2.45, 2.75) is 39.2 Å². The van der Waals surface area contributed by atoms with Crippen LogP contribution in [-0.4, -0.2) is 28.0 Å². The van der Waals surface area contributed by atoms with Crippen LogP contribution in [0.1, 0.15) is 32.9 Å². The molecule has 140 valence electrons. The van der Waals surface area contributed by atoms with Crippen molar-refractivity contribution >= 4 is 42.1 Å². The number of rotatable bonds is 7. The van der Waals surface area contributed by atoms with E-state index < -0.39 is 0 Å². The molecule has 2 heterocycles. The molecule has 0 bridgehead atoms. The summed E-state index contributed by atoms with van der Waals surface area (Å²) in [6, 6.07) is 3.84. The quantitative estimate of drug-likeness (QED) is 0.739. The first-order valence-electron chi connectivity index (χ1n) is 7.78. The Balaban J connectivity index is 0.00000288. The van der Waals surface area contributed by atoms with Gasteiger partial charge in [0.25, 0.3) is 0 Å². The molecule has 0 aliphatic heterocycles. The first-order valence-corrected chi connectivity index (χ1v) is 8.66. The highest BCUT2D eigenvalue weighted by molar-refractivity contribution is 7.13. The van der Waals surface area contributed by atoms with Gasteiger partial charge in [0.15, 0.2) is 0 Å². The number of aromatic nitrogens is 2. The third-order valence-corrected chi connectivity index (χ3v) is 4.49. The lowest BCUT2D eigenvalue weighted by molar-refractivity contribution is -0.122. The van der Waals surface area contributed by atoms with Gasteiger partial charge in [0.1, 0.15) is 5.01 Å². The maximum Gasteiger partial charge on any atom is 0.226 e. The fourth-order valence-corrected chi connectivity index (χ4v) is 3.45. The molecule has 1 atom stereocenters. The summed E-state index contributed by atoms with van der Waals surface area (Å²) in [5, 5.41) is 5.86. The van der Waals surface area contributed by atoms with E-state index in [0.29, 0.717) is 12.5 Å². The van der Waals surface area contributed by atoms with Crippen LogP contribution in [0, 0.1) is 5.92 Å². The van der Waals surface area contributed by atoms with Crippen LogP contribution in [0.25, 0.3) is 10.6 Å². The van der Waals surface area contributed by atoms with E-state index in [-0.39, 0.29) is 42.7 Å². The van der Waals surface area contributed by atoms with E-state index in [1.54, 1.807) is 12.4 Å². The number of nitrogens with two attached hydrogens (primary N) is 1. The average molecular weight is 405 g/mol. The van der Waals surface area contributed by atoms with E-state index >= 15 is 0 Å². The molecule has 0 radical (unpaired) electrons. The van der Waals surface area contributed by atoms with Gasteiger partial charge in [-0.2, -0.15) is 0 Å². The van der Waals surface area contributed by atoms with Gasteiger partial charge in [-0.05, 0) is 31.4 Å². The Bertz CT molecular complexity index is 651. The Kier molecular flexibility index (Phi) is 10.2. The van der Waals surface area contributed by atoms with Gasteiger partial charge in [-0.15, -0.1) is 36.2 Å². The van der Waals surface area contributed by atoms with Gasteiger partial charge in [-0.3, -0.25) is 9.78 Å². The number of pyridine rings is 1. The molecule has 0 aromatic carbocycles. The van der Waals surface area contributed by atoms with Crippen LogP contribution < -0.4 is 11.1 Å². The monoisotopic (exact) mass is 404 g/mol. The fraction of sp³-hybridized carbons (Fsp3) is 0.471. The third kappa shape index (κ3) is 7.28. The molecule has 0 fully saturated rings. The minimum atomic E-state index is -0.368. The topological polar surface area (TPSA) is 80.9 Å². The predicted molar refractivity (Wildman–Crippen MR) is 109 cm³/mol. The molecule has 0 aliphatic carbocycles. The van der Waals surface area contributed by atoms with Gasteiger partial charge in [0.05, 0.1) is 12.1 Å². The van der Waals surface area contributed by atoms with Crippen molar-refractivity contribution in [2.75, 3.05) is 6.54 Å². The largest absolute Gasteiger partial charge is 0.349 e. The minimum absolute atomic E-state index is 0. The van der Waals surface area contributed by atoms with E-state index in [2.05, 4.69) is 29.1 Å². The summed E-state index contributed by atoms with van der Waals surface area (Å²) in [5.74, 6) is 0.432. The zero-order valence-corrected chi connectivity index (χ0v) is 17.1.